The Morgan fingerprint density at radius 1 is 1.43 bits per heavy atom. The zero-order valence-electron chi connectivity index (χ0n) is 13.8. The SMILES string of the molecule is COCCN1CCC[C@@]2(CCN(C(=O)c3cc(C)[nH]n3)C2)C1=O. The van der Waals surface area contributed by atoms with Gasteiger partial charge in [-0.05, 0) is 32.3 Å². The van der Waals surface area contributed by atoms with Crippen molar-refractivity contribution < 1.29 is 14.3 Å². The van der Waals surface area contributed by atoms with Crippen LogP contribution in [0.4, 0.5) is 0 Å². The molecule has 2 fully saturated rings. The number of amides is 2. The second kappa shape index (κ2) is 6.31. The van der Waals surface area contributed by atoms with Crippen LogP contribution in [0, 0.1) is 12.3 Å². The fourth-order valence-electron chi connectivity index (χ4n) is 3.68. The summed E-state index contributed by atoms with van der Waals surface area (Å²) in [5.41, 5.74) is 0.883. The number of rotatable bonds is 4. The van der Waals surface area contributed by atoms with Crippen molar-refractivity contribution in [1.82, 2.24) is 20.0 Å². The number of nitrogens with zero attached hydrogens (tertiary/aromatic N) is 3. The van der Waals surface area contributed by atoms with Crippen molar-refractivity contribution in [2.24, 2.45) is 5.41 Å². The molecule has 1 spiro atoms. The number of carbonyl (C=O) groups is 2. The van der Waals surface area contributed by atoms with Gasteiger partial charge < -0.3 is 14.5 Å². The summed E-state index contributed by atoms with van der Waals surface area (Å²) in [7, 11) is 1.64. The molecule has 2 saturated heterocycles. The van der Waals surface area contributed by atoms with Crippen LogP contribution in [-0.2, 0) is 9.53 Å². The van der Waals surface area contributed by atoms with Crippen molar-refractivity contribution in [1.29, 1.82) is 0 Å². The maximum Gasteiger partial charge on any atom is 0.274 e. The van der Waals surface area contributed by atoms with Crippen LogP contribution in [0.15, 0.2) is 6.07 Å². The minimum atomic E-state index is -0.410. The van der Waals surface area contributed by atoms with E-state index in [9.17, 15) is 9.59 Å². The molecule has 0 radical (unpaired) electrons. The second-order valence-corrected chi connectivity index (χ2v) is 6.58. The van der Waals surface area contributed by atoms with Crippen LogP contribution in [0.1, 0.15) is 35.4 Å². The number of piperidine rings is 1. The molecule has 1 aromatic rings. The highest BCUT2D eigenvalue weighted by atomic mass is 16.5. The van der Waals surface area contributed by atoms with Crippen molar-refractivity contribution in [3.8, 4) is 0 Å². The average Bonchev–Trinajstić information content (AvgIpc) is 3.16. The number of nitrogens with one attached hydrogen (secondary N) is 1. The molecule has 2 aliphatic heterocycles. The molecule has 126 valence electrons. The molecular formula is C16H24N4O3. The number of aromatic nitrogens is 2. The molecule has 2 aliphatic rings. The first-order chi connectivity index (χ1) is 11.1. The molecular weight excluding hydrogens is 296 g/mol. The topological polar surface area (TPSA) is 78.5 Å². The van der Waals surface area contributed by atoms with E-state index in [2.05, 4.69) is 10.2 Å². The number of methoxy groups -OCH3 is 1. The molecule has 3 rings (SSSR count). The van der Waals surface area contributed by atoms with E-state index in [1.807, 2.05) is 11.8 Å². The fourth-order valence-corrected chi connectivity index (χ4v) is 3.68. The lowest BCUT2D eigenvalue weighted by molar-refractivity contribution is -0.146. The van der Waals surface area contributed by atoms with Crippen molar-refractivity contribution in [3.05, 3.63) is 17.5 Å². The lowest BCUT2D eigenvalue weighted by Crippen LogP contribution is -2.51. The predicted octanol–water partition coefficient (Wildman–Crippen LogP) is 0.819. The zero-order chi connectivity index (χ0) is 16.4. The smallest absolute Gasteiger partial charge is 0.274 e. The van der Waals surface area contributed by atoms with Crippen LogP contribution in [-0.4, -0.2) is 71.7 Å². The number of aryl methyl sites for hydroxylation is 1. The Morgan fingerprint density at radius 2 is 2.26 bits per heavy atom. The number of ether oxygens (including phenoxy) is 1. The molecule has 0 aromatic carbocycles. The lowest BCUT2D eigenvalue weighted by atomic mass is 9.78. The van der Waals surface area contributed by atoms with Gasteiger partial charge in [0.2, 0.25) is 5.91 Å². The van der Waals surface area contributed by atoms with Gasteiger partial charge in [-0.3, -0.25) is 14.7 Å². The number of hydrogen-bond acceptors (Lipinski definition) is 4. The highest BCUT2D eigenvalue weighted by Crippen LogP contribution is 2.40. The summed E-state index contributed by atoms with van der Waals surface area (Å²) >= 11 is 0. The second-order valence-electron chi connectivity index (χ2n) is 6.58. The van der Waals surface area contributed by atoms with Crippen molar-refractivity contribution in [3.63, 3.8) is 0 Å². The van der Waals surface area contributed by atoms with Gasteiger partial charge in [0.15, 0.2) is 0 Å². The number of hydrogen-bond donors (Lipinski definition) is 1. The zero-order valence-corrected chi connectivity index (χ0v) is 13.8. The molecule has 0 saturated carbocycles. The third kappa shape index (κ3) is 2.97. The highest BCUT2D eigenvalue weighted by Gasteiger charge is 2.49. The minimum Gasteiger partial charge on any atom is -0.383 e. The Morgan fingerprint density at radius 3 is 2.96 bits per heavy atom. The van der Waals surface area contributed by atoms with Gasteiger partial charge in [0, 0.05) is 39.0 Å². The van der Waals surface area contributed by atoms with Gasteiger partial charge in [-0.15, -0.1) is 0 Å². The Balaban J connectivity index is 1.70. The predicted molar refractivity (Wildman–Crippen MR) is 84.0 cm³/mol. The third-order valence-electron chi connectivity index (χ3n) is 4.96. The van der Waals surface area contributed by atoms with E-state index in [0.29, 0.717) is 31.9 Å². The molecule has 0 unspecified atom stereocenters. The monoisotopic (exact) mass is 320 g/mol. The van der Waals surface area contributed by atoms with E-state index in [1.54, 1.807) is 18.1 Å². The van der Waals surface area contributed by atoms with Crippen LogP contribution in [0.25, 0.3) is 0 Å². The van der Waals surface area contributed by atoms with Crippen LogP contribution >= 0.6 is 0 Å². The average molecular weight is 320 g/mol. The molecule has 0 aliphatic carbocycles. The van der Waals surface area contributed by atoms with E-state index < -0.39 is 5.41 Å². The summed E-state index contributed by atoms with van der Waals surface area (Å²) in [5.74, 6) is 0.0855. The van der Waals surface area contributed by atoms with Gasteiger partial charge in [-0.2, -0.15) is 5.10 Å². The first kappa shape index (κ1) is 16.0. The standard InChI is InChI=1S/C16H24N4O3/c1-12-10-13(18-17-12)14(21)20-7-5-16(11-20)4-3-6-19(15(16)22)8-9-23-2/h10H,3-9,11H2,1-2H3,(H,17,18)/t16-/m0/s1. The van der Waals surface area contributed by atoms with Gasteiger partial charge in [-0.25, -0.2) is 0 Å². The molecule has 1 N–H and O–H groups in total. The van der Waals surface area contributed by atoms with Crippen molar-refractivity contribution >= 4 is 11.8 Å². The van der Waals surface area contributed by atoms with Crippen LogP contribution < -0.4 is 0 Å². The molecule has 7 heteroatoms. The third-order valence-corrected chi connectivity index (χ3v) is 4.96. The van der Waals surface area contributed by atoms with E-state index in [4.69, 9.17) is 4.74 Å². The van der Waals surface area contributed by atoms with E-state index in [-0.39, 0.29) is 11.8 Å². The summed E-state index contributed by atoms with van der Waals surface area (Å²) in [6, 6.07) is 1.75. The van der Waals surface area contributed by atoms with Crippen LogP contribution in [0.5, 0.6) is 0 Å². The number of aromatic amines is 1. The Labute approximate surface area is 136 Å². The molecule has 7 nitrogen and oxygen atoms in total. The first-order valence-corrected chi connectivity index (χ1v) is 8.15. The van der Waals surface area contributed by atoms with Crippen molar-refractivity contribution in [2.75, 3.05) is 39.9 Å². The maximum atomic E-state index is 12.9. The summed E-state index contributed by atoms with van der Waals surface area (Å²) in [6.45, 7) is 4.96. The molecule has 1 atom stereocenters. The molecule has 0 bridgehead atoms. The number of carbonyl (C=O) groups excluding carboxylic acids is 2. The Hall–Kier alpha value is -1.89. The first-order valence-electron chi connectivity index (χ1n) is 8.15. The molecule has 23 heavy (non-hydrogen) atoms. The normalized spacial score (nSPS) is 24.7. The quantitative estimate of drug-likeness (QED) is 0.891. The summed E-state index contributed by atoms with van der Waals surface area (Å²) < 4.78 is 5.09. The van der Waals surface area contributed by atoms with Gasteiger partial charge in [0.25, 0.3) is 5.91 Å². The van der Waals surface area contributed by atoms with Crippen molar-refractivity contribution in [2.45, 2.75) is 26.2 Å². The van der Waals surface area contributed by atoms with Gasteiger partial charge in [-0.1, -0.05) is 0 Å². The summed E-state index contributed by atoms with van der Waals surface area (Å²) in [5, 5.41) is 6.84. The maximum absolute atomic E-state index is 12.9. The number of H-pyrrole nitrogens is 1. The minimum absolute atomic E-state index is 0.0898. The molecule has 1 aromatic heterocycles. The summed E-state index contributed by atoms with van der Waals surface area (Å²) in [4.78, 5) is 29.1. The van der Waals surface area contributed by atoms with Gasteiger partial charge >= 0.3 is 0 Å². The lowest BCUT2D eigenvalue weighted by Gasteiger charge is -2.39. The van der Waals surface area contributed by atoms with Gasteiger partial charge in [0.05, 0.1) is 12.0 Å². The van der Waals surface area contributed by atoms with Crippen LogP contribution in [0.3, 0.4) is 0 Å². The fraction of sp³-hybridized carbons (Fsp3) is 0.688. The van der Waals surface area contributed by atoms with E-state index >= 15 is 0 Å². The largest absolute Gasteiger partial charge is 0.383 e. The summed E-state index contributed by atoms with van der Waals surface area (Å²) in [6.07, 6.45) is 2.59. The van der Waals surface area contributed by atoms with E-state index in [1.165, 1.54) is 0 Å². The van der Waals surface area contributed by atoms with Gasteiger partial charge in [0.1, 0.15) is 5.69 Å². The van der Waals surface area contributed by atoms with E-state index in [0.717, 1.165) is 31.5 Å². The number of likely N-dealkylation sites (tertiary alicyclic amines) is 2. The Kier molecular flexibility index (Phi) is 4.39. The molecule has 2 amide bonds. The Bertz CT molecular complexity index is 600. The van der Waals surface area contributed by atoms with Crippen LogP contribution in [0.2, 0.25) is 0 Å². The highest BCUT2D eigenvalue weighted by molar-refractivity contribution is 5.94. The molecule has 3 heterocycles.